The zero-order chi connectivity index (χ0) is 37.5. The molecular weight excluding hydrogens is 697 g/mol. The van der Waals surface area contributed by atoms with Crippen LogP contribution in [0.2, 0.25) is 0 Å². The maximum Gasteiger partial charge on any atom is 0.180 e. The van der Waals surface area contributed by atoms with Crippen LogP contribution in [0.15, 0.2) is 199 Å². The van der Waals surface area contributed by atoms with Gasteiger partial charge in [0.05, 0.1) is 22.1 Å². The summed E-state index contributed by atoms with van der Waals surface area (Å²) in [4.78, 5) is 10.2. The number of furan rings is 1. The Labute approximate surface area is 327 Å². The quantitative estimate of drug-likeness (QED) is 0.177. The standard InChI is InChI=1S/C52H32N4O/c1-3-15-33(16-4-1)49-51-50(54-52(53-49)34-17-5-2-6-18-34)43-28-27-35(31-48(43)57-51)36-29-37(55-44-23-11-7-19-39(44)40-20-8-12-24-45(40)55)32-38(30-36)56-46-25-13-9-21-41(46)42-22-10-14-26-47(42)56/h1-32H. The van der Waals surface area contributed by atoms with Crippen molar-refractivity contribution < 1.29 is 4.42 Å². The molecule has 12 aromatic rings. The Hall–Kier alpha value is -7.76. The molecule has 0 radical (unpaired) electrons. The zero-order valence-electron chi connectivity index (χ0n) is 30.7. The largest absolute Gasteiger partial charge is 0.452 e. The van der Waals surface area contributed by atoms with Gasteiger partial charge in [-0.1, -0.05) is 140 Å². The van der Waals surface area contributed by atoms with E-state index in [0.717, 1.165) is 77.9 Å². The Morgan fingerprint density at radius 2 is 0.825 bits per heavy atom. The minimum atomic E-state index is 0.670. The highest BCUT2D eigenvalue weighted by Crippen LogP contribution is 2.40. The van der Waals surface area contributed by atoms with Crippen LogP contribution in [0.25, 0.3) is 111 Å². The van der Waals surface area contributed by atoms with Crippen LogP contribution in [0, 0.1) is 0 Å². The van der Waals surface area contributed by atoms with E-state index in [9.17, 15) is 0 Å². The van der Waals surface area contributed by atoms with Gasteiger partial charge in [0, 0.05) is 49.4 Å². The first-order valence-electron chi connectivity index (χ1n) is 19.2. The van der Waals surface area contributed by atoms with E-state index < -0.39 is 0 Å². The molecule has 0 bridgehead atoms. The van der Waals surface area contributed by atoms with Crippen molar-refractivity contribution in [3.63, 3.8) is 0 Å². The summed E-state index contributed by atoms with van der Waals surface area (Å²) in [5, 5.41) is 5.86. The average Bonchev–Trinajstić information content (AvgIpc) is 3.94. The highest BCUT2D eigenvalue weighted by molar-refractivity contribution is 6.11. The van der Waals surface area contributed by atoms with Crippen LogP contribution >= 0.6 is 0 Å². The van der Waals surface area contributed by atoms with Gasteiger partial charge >= 0.3 is 0 Å². The average molecular weight is 729 g/mol. The Morgan fingerprint density at radius 1 is 0.351 bits per heavy atom. The lowest BCUT2D eigenvalue weighted by Crippen LogP contribution is -2.00. The summed E-state index contributed by atoms with van der Waals surface area (Å²) in [6.45, 7) is 0. The number of benzene rings is 8. The molecule has 5 heteroatoms. The number of nitrogens with zero attached hydrogens (tertiary/aromatic N) is 4. The summed E-state index contributed by atoms with van der Waals surface area (Å²) in [7, 11) is 0. The molecule has 57 heavy (non-hydrogen) atoms. The summed E-state index contributed by atoms with van der Waals surface area (Å²) in [6.07, 6.45) is 0. The second kappa shape index (κ2) is 12.4. The van der Waals surface area contributed by atoms with Crippen LogP contribution in [-0.2, 0) is 0 Å². The predicted octanol–water partition coefficient (Wildman–Crippen LogP) is 13.6. The maximum absolute atomic E-state index is 6.79. The van der Waals surface area contributed by atoms with Crippen molar-refractivity contribution in [3.8, 4) is 45.1 Å². The third-order valence-electron chi connectivity index (χ3n) is 11.3. The fraction of sp³-hybridized carbons (Fsp3) is 0. The van der Waals surface area contributed by atoms with Gasteiger partial charge in [-0.2, -0.15) is 0 Å². The number of rotatable bonds is 5. The Balaban J connectivity index is 1.13. The van der Waals surface area contributed by atoms with Crippen molar-refractivity contribution in [1.82, 2.24) is 19.1 Å². The van der Waals surface area contributed by atoms with E-state index in [-0.39, 0.29) is 0 Å². The van der Waals surface area contributed by atoms with Crippen molar-refractivity contribution >= 4 is 65.7 Å². The van der Waals surface area contributed by atoms with Crippen LogP contribution in [0.3, 0.4) is 0 Å². The van der Waals surface area contributed by atoms with E-state index >= 15 is 0 Å². The fourth-order valence-corrected chi connectivity index (χ4v) is 8.75. The van der Waals surface area contributed by atoms with Gasteiger partial charge in [0.15, 0.2) is 11.4 Å². The lowest BCUT2D eigenvalue weighted by molar-refractivity contribution is 0.667. The third kappa shape index (κ3) is 4.89. The molecule has 0 fully saturated rings. The van der Waals surface area contributed by atoms with E-state index in [1.54, 1.807) is 0 Å². The maximum atomic E-state index is 6.79. The lowest BCUT2D eigenvalue weighted by Gasteiger charge is -2.16. The van der Waals surface area contributed by atoms with E-state index in [1.165, 1.54) is 21.5 Å². The zero-order valence-corrected chi connectivity index (χ0v) is 30.7. The van der Waals surface area contributed by atoms with Crippen molar-refractivity contribution in [2.45, 2.75) is 0 Å². The van der Waals surface area contributed by atoms with E-state index in [1.807, 2.05) is 36.4 Å². The summed E-state index contributed by atoms with van der Waals surface area (Å²) in [6, 6.07) is 68.6. The molecule has 0 N–H and O–H groups in total. The molecule has 4 heterocycles. The number of para-hydroxylation sites is 4. The molecule has 0 aliphatic rings. The summed E-state index contributed by atoms with van der Waals surface area (Å²) in [5.74, 6) is 0.670. The van der Waals surface area contributed by atoms with Crippen molar-refractivity contribution in [3.05, 3.63) is 194 Å². The lowest BCUT2D eigenvalue weighted by atomic mass is 10.0. The summed E-state index contributed by atoms with van der Waals surface area (Å²) in [5.41, 5.74) is 13.9. The Bertz CT molecular complexity index is 3280. The van der Waals surface area contributed by atoms with E-state index in [4.69, 9.17) is 14.4 Å². The topological polar surface area (TPSA) is 48.8 Å². The van der Waals surface area contributed by atoms with Crippen molar-refractivity contribution in [2.75, 3.05) is 0 Å². The molecule has 266 valence electrons. The molecule has 4 aromatic heterocycles. The molecule has 0 saturated heterocycles. The first-order chi connectivity index (χ1) is 28.3. The smallest absolute Gasteiger partial charge is 0.180 e. The number of aromatic nitrogens is 4. The first-order valence-corrected chi connectivity index (χ1v) is 19.2. The molecule has 5 nitrogen and oxygen atoms in total. The second-order valence-corrected chi connectivity index (χ2v) is 14.6. The van der Waals surface area contributed by atoms with Gasteiger partial charge in [0.1, 0.15) is 16.8 Å². The van der Waals surface area contributed by atoms with Crippen molar-refractivity contribution in [2.24, 2.45) is 0 Å². The SMILES string of the molecule is c1ccc(-c2nc(-c3ccccc3)c3oc4cc(-c5cc(-n6c7ccccc7c7ccccc76)cc(-n6c7ccccc7c7ccccc76)c5)ccc4c3n2)cc1. The molecule has 0 unspecified atom stereocenters. The second-order valence-electron chi connectivity index (χ2n) is 14.6. The molecule has 12 rings (SSSR count). The molecule has 0 aliphatic carbocycles. The Kier molecular flexibility index (Phi) is 6.86. The van der Waals surface area contributed by atoms with Gasteiger partial charge in [-0.25, -0.2) is 9.97 Å². The molecule has 0 aliphatic heterocycles. The van der Waals surface area contributed by atoms with E-state index in [0.29, 0.717) is 11.4 Å². The van der Waals surface area contributed by atoms with Crippen LogP contribution in [0.4, 0.5) is 0 Å². The minimum absolute atomic E-state index is 0.670. The highest BCUT2D eigenvalue weighted by Gasteiger charge is 2.21. The monoisotopic (exact) mass is 728 g/mol. The fourth-order valence-electron chi connectivity index (χ4n) is 8.75. The van der Waals surface area contributed by atoms with Gasteiger partial charge in [0.25, 0.3) is 0 Å². The van der Waals surface area contributed by atoms with Crippen LogP contribution < -0.4 is 0 Å². The molecule has 0 amide bonds. The van der Waals surface area contributed by atoms with Crippen LogP contribution in [0.5, 0.6) is 0 Å². The van der Waals surface area contributed by atoms with E-state index in [2.05, 4.69) is 167 Å². The Morgan fingerprint density at radius 3 is 1.35 bits per heavy atom. The third-order valence-corrected chi connectivity index (χ3v) is 11.3. The van der Waals surface area contributed by atoms with Crippen LogP contribution in [-0.4, -0.2) is 19.1 Å². The van der Waals surface area contributed by atoms with Gasteiger partial charge < -0.3 is 13.6 Å². The van der Waals surface area contributed by atoms with Gasteiger partial charge in [0.2, 0.25) is 0 Å². The molecule has 8 aromatic carbocycles. The molecule has 0 saturated carbocycles. The van der Waals surface area contributed by atoms with Gasteiger partial charge in [-0.3, -0.25) is 0 Å². The van der Waals surface area contributed by atoms with Gasteiger partial charge in [-0.05, 0) is 65.7 Å². The molecule has 0 atom stereocenters. The highest BCUT2D eigenvalue weighted by atomic mass is 16.3. The number of hydrogen-bond donors (Lipinski definition) is 0. The minimum Gasteiger partial charge on any atom is -0.452 e. The number of hydrogen-bond acceptors (Lipinski definition) is 3. The first kappa shape index (κ1) is 31.6. The normalized spacial score (nSPS) is 11.9. The van der Waals surface area contributed by atoms with Crippen LogP contribution in [0.1, 0.15) is 0 Å². The van der Waals surface area contributed by atoms with Gasteiger partial charge in [-0.15, -0.1) is 0 Å². The van der Waals surface area contributed by atoms with Crippen molar-refractivity contribution in [1.29, 1.82) is 0 Å². The predicted molar refractivity (Wildman–Crippen MR) is 234 cm³/mol. The molecule has 0 spiro atoms. The number of fused-ring (bicyclic) bond motifs is 9. The molecular formula is C52H32N4O. The summed E-state index contributed by atoms with van der Waals surface area (Å²) >= 11 is 0. The summed E-state index contributed by atoms with van der Waals surface area (Å²) < 4.78 is 11.6.